The maximum Gasteiger partial charge on any atom is 0.322 e. The van der Waals surface area contributed by atoms with Crippen LogP contribution in [0.4, 0.5) is 16.3 Å². The first-order valence-corrected chi connectivity index (χ1v) is 9.79. The summed E-state index contributed by atoms with van der Waals surface area (Å²) in [5.41, 5.74) is 1.84. The number of urea groups is 1. The molecule has 1 saturated heterocycles. The molecule has 2 aliphatic rings. The number of aromatic nitrogens is 3. The average Bonchev–Trinajstić information content (AvgIpc) is 3.32. The van der Waals surface area contributed by atoms with Crippen molar-refractivity contribution in [2.24, 2.45) is 5.41 Å². The number of rotatable bonds is 2. The predicted octanol–water partition coefficient (Wildman–Crippen LogP) is 3.48. The van der Waals surface area contributed by atoms with E-state index in [1.807, 2.05) is 47.5 Å². The molecule has 0 bridgehead atoms. The fraction of sp³-hybridized carbons (Fsp3) is 0.381. The largest absolute Gasteiger partial charge is 0.353 e. The van der Waals surface area contributed by atoms with Gasteiger partial charge in [0.15, 0.2) is 0 Å². The molecule has 1 spiro atoms. The van der Waals surface area contributed by atoms with Crippen molar-refractivity contribution in [1.29, 1.82) is 0 Å². The Kier molecular flexibility index (Phi) is 3.96. The topological polar surface area (TPSA) is 77.2 Å². The summed E-state index contributed by atoms with van der Waals surface area (Å²) in [6.45, 7) is 4.57. The highest BCUT2D eigenvalue weighted by molar-refractivity contribution is 5.90. The number of hydrogen-bond acceptors (Lipinski definition) is 4. The van der Waals surface area contributed by atoms with Crippen LogP contribution in [0.1, 0.15) is 19.8 Å². The minimum atomic E-state index is -0.0266. The molecule has 5 rings (SSSR count). The second-order valence-electron chi connectivity index (χ2n) is 8.09. The Morgan fingerprint density at radius 2 is 2.00 bits per heavy atom. The second kappa shape index (κ2) is 6.51. The summed E-state index contributed by atoms with van der Waals surface area (Å²) in [7, 11) is 0. The van der Waals surface area contributed by atoms with Crippen LogP contribution in [0.25, 0.3) is 11.0 Å². The molecular formula is C21H24N6O. The van der Waals surface area contributed by atoms with Gasteiger partial charge in [0, 0.05) is 43.0 Å². The summed E-state index contributed by atoms with van der Waals surface area (Å²) in [6, 6.07) is 11.7. The van der Waals surface area contributed by atoms with E-state index >= 15 is 0 Å². The Bertz CT molecular complexity index is 996. The van der Waals surface area contributed by atoms with Crippen LogP contribution in [-0.4, -0.2) is 51.6 Å². The third-order valence-electron chi connectivity index (χ3n) is 5.92. The molecule has 1 aliphatic carbocycles. The zero-order chi connectivity index (χ0) is 19.1. The number of hydrogen-bond donors (Lipinski definition) is 2. The number of para-hydroxylation sites is 1. The Morgan fingerprint density at radius 3 is 2.79 bits per heavy atom. The highest BCUT2D eigenvalue weighted by atomic mass is 16.2. The highest BCUT2D eigenvalue weighted by Gasteiger charge is 2.49. The Morgan fingerprint density at radius 1 is 1.18 bits per heavy atom. The first kappa shape index (κ1) is 17.0. The summed E-state index contributed by atoms with van der Waals surface area (Å²) >= 11 is 0. The number of H-pyrrole nitrogens is 1. The maximum atomic E-state index is 13.0. The van der Waals surface area contributed by atoms with Crippen molar-refractivity contribution in [3.05, 3.63) is 48.9 Å². The SMILES string of the molecule is CC1CN(c2ncnc3[nH]ccc23)CC2(CC2)CN1C(=O)Nc1ccccc1. The van der Waals surface area contributed by atoms with Crippen LogP contribution in [-0.2, 0) is 0 Å². The first-order valence-electron chi connectivity index (χ1n) is 9.79. The third-order valence-corrected chi connectivity index (χ3v) is 5.92. The molecule has 3 heterocycles. The van der Waals surface area contributed by atoms with Gasteiger partial charge >= 0.3 is 6.03 Å². The van der Waals surface area contributed by atoms with E-state index in [9.17, 15) is 4.79 Å². The van der Waals surface area contributed by atoms with E-state index < -0.39 is 0 Å². The third kappa shape index (κ3) is 3.06. The molecule has 0 radical (unpaired) electrons. The van der Waals surface area contributed by atoms with Crippen LogP contribution in [0.15, 0.2) is 48.9 Å². The average molecular weight is 376 g/mol. The van der Waals surface area contributed by atoms with Crippen molar-refractivity contribution in [1.82, 2.24) is 19.9 Å². The molecule has 2 amide bonds. The molecule has 2 aromatic heterocycles. The fourth-order valence-corrected chi connectivity index (χ4v) is 4.21. The van der Waals surface area contributed by atoms with E-state index in [4.69, 9.17) is 0 Å². The van der Waals surface area contributed by atoms with Gasteiger partial charge in [-0.05, 0) is 38.0 Å². The molecule has 144 valence electrons. The summed E-state index contributed by atoms with van der Waals surface area (Å²) in [4.78, 5) is 29.4. The fourth-order valence-electron chi connectivity index (χ4n) is 4.21. The summed E-state index contributed by atoms with van der Waals surface area (Å²) in [5, 5.41) is 4.09. The molecule has 2 fully saturated rings. The highest BCUT2D eigenvalue weighted by Crippen LogP contribution is 2.49. The van der Waals surface area contributed by atoms with Gasteiger partial charge in [-0.15, -0.1) is 0 Å². The molecule has 28 heavy (non-hydrogen) atoms. The monoisotopic (exact) mass is 376 g/mol. The number of amides is 2. The number of carbonyl (C=O) groups excluding carboxylic acids is 1. The van der Waals surface area contributed by atoms with Gasteiger partial charge in [0.1, 0.15) is 17.8 Å². The van der Waals surface area contributed by atoms with Gasteiger partial charge in [0.05, 0.1) is 5.39 Å². The van der Waals surface area contributed by atoms with Crippen LogP contribution < -0.4 is 10.2 Å². The van der Waals surface area contributed by atoms with Crippen molar-refractivity contribution in [2.75, 3.05) is 29.9 Å². The maximum absolute atomic E-state index is 13.0. The van der Waals surface area contributed by atoms with Crippen LogP contribution in [0.5, 0.6) is 0 Å². The molecule has 1 aliphatic heterocycles. The lowest BCUT2D eigenvalue weighted by Crippen LogP contribution is -2.45. The predicted molar refractivity (Wildman–Crippen MR) is 109 cm³/mol. The number of anilines is 2. The van der Waals surface area contributed by atoms with Crippen molar-refractivity contribution in [2.45, 2.75) is 25.8 Å². The summed E-state index contributed by atoms with van der Waals surface area (Å²) in [6.07, 6.45) is 5.80. The zero-order valence-electron chi connectivity index (χ0n) is 15.9. The number of carbonyl (C=O) groups is 1. The van der Waals surface area contributed by atoms with E-state index in [0.717, 1.165) is 55.0 Å². The standard InChI is InChI=1S/C21H24N6O/c1-15-11-26(19-17-7-10-22-18(17)23-14-24-19)12-21(8-9-21)13-27(15)20(28)25-16-5-3-2-4-6-16/h2-7,10,14-15H,8-9,11-13H2,1H3,(H,25,28)(H,22,23,24). The van der Waals surface area contributed by atoms with Gasteiger partial charge in [0.25, 0.3) is 0 Å². The van der Waals surface area contributed by atoms with Crippen molar-refractivity contribution >= 4 is 28.6 Å². The number of benzene rings is 1. The van der Waals surface area contributed by atoms with E-state index in [2.05, 4.69) is 32.1 Å². The van der Waals surface area contributed by atoms with Crippen molar-refractivity contribution < 1.29 is 4.79 Å². The Hall–Kier alpha value is -3.09. The van der Waals surface area contributed by atoms with Crippen molar-refractivity contribution in [3.63, 3.8) is 0 Å². The molecule has 7 heteroatoms. The van der Waals surface area contributed by atoms with Gasteiger partial charge < -0.3 is 20.1 Å². The number of nitrogens with zero attached hydrogens (tertiary/aromatic N) is 4. The van der Waals surface area contributed by atoms with Gasteiger partial charge in [-0.2, -0.15) is 0 Å². The van der Waals surface area contributed by atoms with E-state index in [-0.39, 0.29) is 17.5 Å². The van der Waals surface area contributed by atoms with E-state index in [1.165, 1.54) is 0 Å². The lowest BCUT2D eigenvalue weighted by molar-refractivity contribution is 0.186. The summed E-state index contributed by atoms with van der Waals surface area (Å²) in [5.74, 6) is 0.953. The van der Waals surface area contributed by atoms with Gasteiger partial charge in [-0.1, -0.05) is 18.2 Å². The molecule has 1 unspecified atom stereocenters. The normalized spacial score (nSPS) is 21.0. The minimum absolute atomic E-state index is 0.0266. The second-order valence-corrected chi connectivity index (χ2v) is 8.09. The molecular weight excluding hydrogens is 352 g/mol. The van der Waals surface area contributed by atoms with Crippen LogP contribution >= 0.6 is 0 Å². The lowest BCUT2D eigenvalue weighted by Gasteiger charge is -2.30. The Labute approximate surface area is 163 Å². The molecule has 1 saturated carbocycles. The quantitative estimate of drug-likeness (QED) is 0.718. The smallest absolute Gasteiger partial charge is 0.322 e. The van der Waals surface area contributed by atoms with Crippen LogP contribution in [0, 0.1) is 5.41 Å². The first-order chi connectivity index (χ1) is 13.6. The molecule has 1 aromatic carbocycles. The van der Waals surface area contributed by atoms with E-state index in [1.54, 1.807) is 6.33 Å². The van der Waals surface area contributed by atoms with Crippen LogP contribution in [0.3, 0.4) is 0 Å². The summed E-state index contributed by atoms with van der Waals surface area (Å²) < 4.78 is 0. The van der Waals surface area contributed by atoms with Crippen molar-refractivity contribution in [3.8, 4) is 0 Å². The zero-order valence-corrected chi connectivity index (χ0v) is 15.9. The number of nitrogens with one attached hydrogen (secondary N) is 2. The lowest BCUT2D eigenvalue weighted by atomic mass is 10.1. The molecule has 7 nitrogen and oxygen atoms in total. The van der Waals surface area contributed by atoms with Crippen LogP contribution in [0.2, 0.25) is 0 Å². The number of fused-ring (bicyclic) bond motifs is 1. The van der Waals surface area contributed by atoms with Gasteiger partial charge in [0.2, 0.25) is 0 Å². The van der Waals surface area contributed by atoms with E-state index in [0.29, 0.717) is 0 Å². The van der Waals surface area contributed by atoms with Gasteiger partial charge in [-0.3, -0.25) is 0 Å². The van der Waals surface area contributed by atoms with Gasteiger partial charge in [-0.25, -0.2) is 14.8 Å². The Balaban J connectivity index is 1.42. The molecule has 3 aromatic rings. The minimum Gasteiger partial charge on any atom is -0.353 e. The molecule has 1 atom stereocenters. The number of aromatic amines is 1. The molecule has 2 N–H and O–H groups in total.